The maximum Gasteiger partial charge on any atom is 0.147 e. The maximum absolute atomic E-state index is 4.45. The number of rotatable bonds is 1. The Morgan fingerprint density at radius 3 is 2.94 bits per heavy atom. The van der Waals surface area contributed by atoms with Gasteiger partial charge in [-0.15, -0.1) is 0 Å². The molecule has 86 valence electrons. The predicted octanol–water partition coefficient (Wildman–Crippen LogP) is 2.49. The second-order valence-corrected chi connectivity index (χ2v) is 5.21. The van der Waals surface area contributed by atoms with Crippen LogP contribution in [0.5, 0.6) is 0 Å². The Balaban J connectivity index is 1.86. The zero-order valence-corrected chi connectivity index (χ0v) is 9.84. The minimum atomic E-state index is 0.723. The molecule has 0 radical (unpaired) electrons. The normalized spacial score (nSPS) is 33.8. The van der Waals surface area contributed by atoms with Gasteiger partial charge in [0.15, 0.2) is 0 Å². The molecule has 3 nitrogen and oxygen atoms in total. The van der Waals surface area contributed by atoms with E-state index in [2.05, 4.69) is 21.8 Å². The summed E-state index contributed by atoms with van der Waals surface area (Å²) in [5.74, 6) is 2.77. The first kappa shape index (κ1) is 10.1. The van der Waals surface area contributed by atoms with Gasteiger partial charge in [0.2, 0.25) is 0 Å². The molecule has 3 atom stereocenters. The van der Waals surface area contributed by atoms with Crippen molar-refractivity contribution in [2.45, 2.75) is 38.6 Å². The number of anilines is 1. The maximum atomic E-state index is 4.45. The monoisotopic (exact) mass is 217 g/mol. The van der Waals surface area contributed by atoms with Gasteiger partial charge >= 0.3 is 0 Å². The topological polar surface area (TPSA) is 29.0 Å². The van der Waals surface area contributed by atoms with Crippen LogP contribution >= 0.6 is 0 Å². The fraction of sp³-hybridized carbons (Fsp3) is 0.692. The molecule has 2 heterocycles. The van der Waals surface area contributed by atoms with Crippen LogP contribution in [0.15, 0.2) is 18.6 Å². The van der Waals surface area contributed by atoms with Gasteiger partial charge in [0.05, 0.1) is 6.20 Å². The van der Waals surface area contributed by atoms with Crippen molar-refractivity contribution < 1.29 is 0 Å². The molecule has 0 amide bonds. The zero-order chi connectivity index (χ0) is 11.0. The van der Waals surface area contributed by atoms with Gasteiger partial charge in [0.25, 0.3) is 0 Å². The summed E-state index contributed by atoms with van der Waals surface area (Å²) in [7, 11) is 0. The van der Waals surface area contributed by atoms with E-state index in [-0.39, 0.29) is 0 Å². The van der Waals surface area contributed by atoms with Crippen LogP contribution in [0.25, 0.3) is 0 Å². The molecule has 2 fully saturated rings. The highest BCUT2D eigenvalue weighted by Gasteiger charge is 2.40. The Morgan fingerprint density at radius 2 is 2.12 bits per heavy atom. The molecule has 1 aromatic heterocycles. The second kappa shape index (κ2) is 4.04. The zero-order valence-electron chi connectivity index (χ0n) is 9.84. The average molecular weight is 217 g/mol. The molecular weight excluding hydrogens is 198 g/mol. The summed E-state index contributed by atoms with van der Waals surface area (Å²) in [6.45, 7) is 3.55. The average Bonchev–Trinajstić information content (AvgIpc) is 2.69. The van der Waals surface area contributed by atoms with Crippen LogP contribution in [0.1, 0.15) is 32.6 Å². The predicted molar refractivity (Wildman–Crippen MR) is 64.3 cm³/mol. The summed E-state index contributed by atoms with van der Waals surface area (Å²) in [5, 5.41) is 0. The third-order valence-corrected chi connectivity index (χ3v) is 4.24. The van der Waals surface area contributed by atoms with Crippen molar-refractivity contribution in [3.63, 3.8) is 0 Å². The van der Waals surface area contributed by atoms with E-state index in [4.69, 9.17) is 0 Å². The van der Waals surface area contributed by atoms with Crippen LogP contribution in [0.4, 0.5) is 5.82 Å². The van der Waals surface area contributed by atoms with Crippen molar-refractivity contribution >= 4 is 5.82 Å². The van der Waals surface area contributed by atoms with Gasteiger partial charge in [0, 0.05) is 25.0 Å². The van der Waals surface area contributed by atoms with Gasteiger partial charge in [-0.2, -0.15) is 0 Å². The molecule has 1 aliphatic heterocycles. The summed E-state index contributed by atoms with van der Waals surface area (Å²) >= 11 is 0. The van der Waals surface area contributed by atoms with E-state index in [0.717, 1.165) is 30.2 Å². The van der Waals surface area contributed by atoms with Crippen molar-refractivity contribution in [3.8, 4) is 0 Å². The highest BCUT2D eigenvalue weighted by molar-refractivity contribution is 5.39. The summed E-state index contributed by atoms with van der Waals surface area (Å²) in [6, 6.07) is 0.723. The van der Waals surface area contributed by atoms with Crippen molar-refractivity contribution in [1.29, 1.82) is 0 Å². The lowest BCUT2D eigenvalue weighted by molar-refractivity contribution is 0.293. The van der Waals surface area contributed by atoms with Gasteiger partial charge in [-0.05, 0) is 24.7 Å². The van der Waals surface area contributed by atoms with E-state index in [0.29, 0.717) is 0 Å². The minimum Gasteiger partial charge on any atom is -0.352 e. The molecule has 0 N–H and O–H groups in total. The van der Waals surface area contributed by atoms with Gasteiger partial charge in [-0.25, -0.2) is 4.98 Å². The molecule has 0 aromatic carbocycles. The van der Waals surface area contributed by atoms with Crippen LogP contribution in [0, 0.1) is 11.8 Å². The van der Waals surface area contributed by atoms with E-state index in [1.165, 1.54) is 25.7 Å². The molecule has 0 bridgehead atoms. The molecule has 3 unspecified atom stereocenters. The lowest BCUT2D eigenvalue weighted by Crippen LogP contribution is -2.35. The second-order valence-electron chi connectivity index (χ2n) is 5.21. The minimum absolute atomic E-state index is 0.723. The molecule has 0 spiro atoms. The van der Waals surface area contributed by atoms with Crippen molar-refractivity contribution in [3.05, 3.63) is 18.6 Å². The Hall–Kier alpha value is -1.12. The van der Waals surface area contributed by atoms with E-state index >= 15 is 0 Å². The lowest BCUT2D eigenvalue weighted by atomic mass is 9.80. The van der Waals surface area contributed by atoms with E-state index in [1.54, 1.807) is 12.4 Å². The molecule has 3 heteroatoms. The van der Waals surface area contributed by atoms with Crippen molar-refractivity contribution in [2.24, 2.45) is 11.8 Å². The molecule has 1 saturated heterocycles. The van der Waals surface area contributed by atoms with Crippen molar-refractivity contribution in [1.82, 2.24) is 9.97 Å². The van der Waals surface area contributed by atoms with Gasteiger partial charge < -0.3 is 4.90 Å². The van der Waals surface area contributed by atoms with Crippen molar-refractivity contribution in [2.75, 3.05) is 11.4 Å². The fourth-order valence-electron chi connectivity index (χ4n) is 3.47. The number of hydrogen-bond acceptors (Lipinski definition) is 3. The Bertz CT molecular complexity index is 351. The Labute approximate surface area is 96.9 Å². The molecule has 2 aliphatic rings. The fourth-order valence-corrected chi connectivity index (χ4v) is 3.47. The highest BCUT2D eigenvalue weighted by atomic mass is 15.2. The van der Waals surface area contributed by atoms with E-state index in [1.807, 2.05) is 6.20 Å². The molecular formula is C13H19N3. The first-order valence-electron chi connectivity index (χ1n) is 6.39. The Kier molecular flexibility index (Phi) is 2.54. The highest BCUT2D eigenvalue weighted by Crippen LogP contribution is 2.41. The largest absolute Gasteiger partial charge is 0.352 e. The number of fused-ring (bicyclic) bond motifs is 1. The first-order chi connectivity index (χ1) is 7.86. The quantitative estimate of drug-likeness (QED) is 0.723. The Morgan fingerprint density at radius 1 is 1.25 bits per heavy atom. The van der Waals surface area contributed by atoms with Crippen LogP contribution in [0.2, 0.25) is 0 Å². The van der Waals surface area contributed by atoms with E-state index in [9.17, 15) is 0 Å². The molecule has 1 aliphatic carbocycles. The standard InChI is InChI=1S/C13H19N3/c1-10-9-16(13-8-14-6-7-15-13)12-5-3-2-4-11(10)12/h6-8,10-12H,2-5,9H2,1H3. The molecule has 1 aromatic rings. The molecule has 16 heavy (non-hydrogen) atoms. The first-order valence-corrected chi connectivity index (χ1v) is 6.39. The number of hydrogen-bond donors (Lipinski definition) is 0. The summed E-state index contributed by atoms with van der Waals surface area (Å²) in [5.41, 5.74) is 0. The molecule has 3 rings (SSSR count). The third-order valence-electron chi connectivity index (χ3n) is 4.24. The summed E-state index contributed by atoms with van der Waals surface area (Å²) < 4.78 is 0. The van der Waals surface area contributed by atoms with Crippen LogP contribution < -0.4 is 4.90 Å². The summed E-state index contributed by atoms with van der Waals surface area (Å²) in [4.78, 5) is 11.1. The third kappa shape index (κ3) is 1.58. The van der Waals surface area contributed by atoms with E-state index < -0.39 is 0 Å². The van der Waals surface area contributed by atoms with Gasteiger partial charge in [-0.3, -0.25) is 4.98 Å². The SMILES string of the molecule is CC1CN(c2cnccn2)C2CCCCC12. The lowest BCUT2D eigenvalue weighted by Gasteiger charge is -2.32. The number of nitrogens with zero attached hydrogens (tertiary/aromatic N) is 3. The molecule has 1 saturated carbocycles. The van der Waals surface area contributed by atoms with Crippen LogP contribution in [0.3, 0.4) is 0 Å². The smallest absolute Gasteiger partial charge is 0.147 e. The summed E-state index contributed by atoms with van der Waals surface area (Å²) in [6.07, 6.45) is 11.0. The number of aromatic nitrogens is 2. The van der Waals surface area contributed by atoms with Gasteiger partial charge in [-0.1, -0.05) is 19.8 Å². The van der Waals surface area contributed by atoms with Crippen LogP contribution in [-0.4, -0.2) is 22.6 Å². The van der Waals surface area contributed by atoms with Gasteiger partial charge in [0.1, 0.15) is 5.82 Å². The van der Waals surface area contributed by atoms with Crippen LogP contribution in [-0.2, 0) is 0 Å².